The number of rotatable bonds is 8. The van der Waals surface area contributed by atoms with Crippen molar-refractivity contribution in [1.29, 1.82) is 0 Å². The molecule has 0 aromatic carbocycles. The maximum absolute atomic E-state index is 12.2. The van der Waals surface area contributed by atoms with E-state index in [9.17, 15) is 9.59 Å². The minimum absolute atomic E-state index is 0.108. The molecule has 8 heteroatoms. The van der Waals surface area contributed by atoms with E-state index in [1.54, 1.807) is 37.1 Å². The van der Waals surface area contributed by atoms with E-state index >= 15 is 0 Å². The van der Waals surface area contributed by atoms with Crippen LogP contribution in [0.4, 0.5) is 0 Å². The molecule has 138 valence electrons. The Morgan fingerprint density at radius 3 is 3.15 bits per heavy atom. The maximum Gasteiger partial charge on any atom is 0.237 e. The predicted octanol–water partition coefficient (Wildman–Crippen LogP) is 0.560. The third-order valence-corrected chi connectivity index (χ3v) is 4.11. The lowest BCUT2D eigenvalue weighted by atomic mass is 10.1. The molecule has 1 atom stereocenters. The van der Waals surface area contributed by atoms with Crippen molar-refractivity contribution >= 4 is 11.8 Å². The van der Waals surface area contributed by atoms with E-state index < -0.39 is 6.04 Å². The molecule has 1 aliphatic heterocycles. The largest absolute Gasteiger partial charge is 0.490 e. The summed E-state index contributed by atoms with van der Waals surface area (Å²) in [5.41, 5.74) is 0.981. The summed E-state index contributed by atoms with van der Waals surface area (Å²) < 4.78 is 10.6. The van der Waals surface area contributed by atoms with Crippen LogP contribution in [0.1, 0.15) is 12.0 Å². The van der Waals surface area contributed by atoms with Crippen molar-refractivity contribution in [2.24, 2.45) is 0 Å². The number of hydrogen-bond acceptors (Lipinski definition) is 6. The average Bonchev–Trinajstić information content (AvgIpc) is 3.16. The number of amides is 2. The van der Waals surface area contributed by atoms with Gasteiger partial charge >= 0.3 is 0 Å². The molecule has 0 aliphatic carbocycles. The summed E-state index contributed by atoms with van der Waals surface area (Å²) in [6, 6.07) is 4.95. The average molecular weight is 358 g/mol. The van der Waals surface area contributed by atoms with Crippen molar-refractivity contribution in [2.75, 3.05) is 26.2 Å². The Hall–Kier alpha value is -2.87. The van der Waals surface area contributed by atoms with Gasteiger partial charge in [0.2, 0.25) is 11.8 Å². The van der Waals surface area contributed by atoms with Crippen molar-refractivity contribution in [3.05, 3.63) is 48.7 Å². The van der Waals surface area contributed by atoms with E-state index in [0.717, 1.165) is 5.56 Å². The molecule has 0 bridgehead atoms. The smallest absolute Gasteiger partial charge is 0.237 e. The van der Waals surface area contributed by atoms with Crippen LogP contribution < -0.4 is 15.4 Å². The van der Waals surface area contributed by atoms with Gasteiger partial charge in [0.25, 0.3) is 0 Å². The third kappa shape index (κ3) is 5.06. The fourth-order valence-corrected chi connectivity index (χ4v) is 2.83. The van der Waals surface area contributed by atoms with E-state index in [4.69, 9.17) is 9.15 Å². The van der Waals surface area contributed by atoms with E-state index in [1.165, 1.54) is 0 Å². The molecule has 26 heavy (non-hydrogen) atoms. The van der Waals surface area contributed by atoms with Crippen LogP contribution in [-0.4, -0.2) is 54.0 Å². The lowest BCUT2D eigenvalue weighted by molar-refractivity contribution is -0.134. The van der Waals surface area contributed by atoms with Gasteiger partial charge in [-0.3, -0.25) is 19.5 Å². The van der Waals surface area contributed by atoms with E-state index in [-0.39, 0.29) is 18.2 Å². The highest BCUT2D eigenvalue weighted by Crippen LogP contribution is 2.14. The Balaban J connectivity index is 1.45. The first kappa shape index (κ1) is 17.9. The van der Waals surface area contributed by atoms with Gasteiger partial charge in [0.05, 0.1) is 37.7 Å². The van der Waals surface area contributed by atoms with Crippen LogP contribution in [0.2, 0.25) is 0 Å². The Morgan fingerprint density at radius 2 is 2.38 bits per heavy atom. The number of aromatic nitrogens is 1. The first-order valence-electron chi connectivity index (χ1n) is 8.55. The van der Waals surface area contributed by atoms with Crippen molar-refractivity contribution in [3.63, 3.8) is 0 Å². The van der Waals surface area contributed by atoms with Crippen molar-refractivity contribution in [2.45, 2.75) is 19.0 Å². The van der Waals surface area contributed by atoms with E-state index in [0.29, 0.717) is 38.5 Å². The molecule has 3 heterocycles. The number of carbonyl (C=O) groups is 2. The molecule has 1 aliphatic rings. The van der Waals surface area contributed by atoms with Gasteiger partial charge in [0, 0.05) is 31.4 Å². The fourth-order valence-electron chi connectivity index (χ4n) is 2.83. The topological polar surface area (TPSA) is 96.7 Å². The SMILES string of the molecule is O=C(C[C@H]1C(=O)NCCN1Cc1ccoc1)NCCOc1cccnc1. The van der Waals surface area contributed by atoms with Gasteiger partial charge in [-0.1, -0.05) is 0 Å². The first-order chi connectivity index (χ1) is 12.7. The molecular formula is C18H22N4O4. The second kappa shape index (κ2) is 9.00. The lowest BCUT2D eigenvalue weighted by Crippen LogP contribution is -2.56. The second-order valence-corrected chi connectivity index (χ2v) is 6.00. The number of ether oxygens (including phenoxy) is 1. The molecule has 2 N–H and O–H groups in total. The number of nitrogens with one attached hydrogen (secondary N) is 2. The molecule has 1 saturated heterocycles. The summed E-state index contributed by atoms with van der Waals surface area (Å²) in [7, 11) is 0. The minimum atomic E-state index is -0.488. The molecular weight excluding hydrogens is 336 g/mol. The summed E-state index contributed by atoms with van der Waals surface area (Å²) in [6.07, 6.45) is 6.64. The van der Waals surface area contributed by atoms with Crippen molar-refractivity contribution in [3.8, 4) is 5.75 Å². The Labute approximate surface area is 151 Å². The monoisotopic (exact) mass is 358 g/mol. The number of piperazine rings is 1. The Kier molecular flexibility index (Phi) is 6.21. The first-order valence-corrected chi connectivity index (χ1v) is 8.55. The summed E-state index contributed by atoms with van der Waals surface area (Å²) >= 11 is 0. The molecule has 3 rings (SSSR count). The van der Waals surface area contributed by atoms with E-state index in [2.05, 4.69) is 15.6 Å². The second-order valence-electron chi connectivity index (χ2n) is 6.00. The van der Waals surface area contributed by atoms with Gasteiger partial charge in [0.15, 0.2) is 0 Å². The molecule has 2 amide bonds. The summed E-state index contributed by atoms with van der Waals surface area (Å²) in [4.78, 5) is 30.4. The van der Waals surface area contributed by atoms with Gasteiger partial charge in [-0.05, 0) is 18.2 Å². The summed E-state index contributed by atoms with van der Waals surface area (Å²) in [6.45, 7) is 2.55. The van der Waals surface area contributed by atoms with Crippen LogP contribution in [0.25, 0.3) is 0 Å². The highest BCUT2D eigenvalue weighted by Gasteiger charge is 2.31. The number of pyridine rings is 1. The van der Waals surface area contributed by atoms with Crippen LogP contribution in [-0.2, 0) is 16.1 Å². The molecule has 1 fully saturated rings. The molecule has 0 radical (unpaired) electrons. The van der Waals surface area contributed by atoms with Gasteiger partial charge < -0.3 is 19.8 Å². The van der Waals surface area contributed by atoms with Crippen LogP contribution in [0.3, 0.4) is 0 Å². The normalized spacial score (nSPS) is 17.5. The zero-order valence-electron chi connectivity index (χ0n) is 14.4. The van der Waals surface area contributed by atoms with Crippen LogP contribution in [0.5, 0.6) is 5.75 Å². The van der Waals surface area contributed by atoms with Gasteiger partial charge in [-0.25, -0.2) is 0 Å². The zero-order valence-corrected chi connectivity index (χ0v) is 14.4. The maximum atomic E-state index is 12.2. The highest BCUT2D eigenvalue weighted by molar-refractivity contribution is 5.88. The third-order valence-electron chi connectivity index (χ3n) is 4.11. The Bertz CT molecular complexity index is 705. The molecule has 2 aromatic rings. The van der Waals surface area contributed by atoms with Crippen LogP contribution in [0, 0.1) is 0 Å². The molecule has 0 unspecified atom stereocenters. The lowest BCUT2D eigenvalue weighted by Gasteiger charge is -2.34. The predicted molar refractivity (Wildman–Crippen MR) is 93.3 cm³/mol. The number of carbonyl (C=O) groups excluding carboxylic acids is 2. The molecule has 0 saturated carbocycles. The van der Waals surface area contributed by atoms with Gasteiger partial charge in [0.1, 0.15) is 12.4 Å². The van der Waals surface area contributed by atoms with Gasteiger partial charge in [-0.15, -0.1) is 0 Å². The van der Waals surface area contributed by atoms with Gasteiger partial charge in [-0.2, -0.15) is 0 Å². The highest BCUT2D eigenvalue weighted by atomic mass is 16.5. The van der Waals surface area contributed by atoms with E-state index in [1.807, 2.05) is 11.0 Å². The molecule has 0 spiro atoms. The standard InChI is InChI=1S/C18H22N4O4/c23-17(20-6-9-26-15-2-1-4-19-11-15)10-16-18(24)21-5-7-22(16)12-14-3-8-25-13-14/h1-4,8,11,13,16H,5-7,9-10,12H2,(H,20,23)(H,21,24)/t16-/m0/s1. The number of nitrogens with zero attached hydrogens (tertiary/aromatic N) is 2. The fraction of sp³-hybridized carbons (Fsp3) is 0.389. The number of hydrogen-bond donors (Lipinski definition) is 2. The van der Waals surface area contributed by atoms with Crippen molar-refractivity contribution < 1.29 is 18.7 Å². The number of furan rings is 1. The summed E-state index contributed by atoms with van der Waals surface area (Å²) in [5, 5.41) is 5.61. The van der Waals surface area contributed by atoms with Crippen molar-refractivity contribution in [1.82, 2.24) is 20.5 Å². The quantitative estimate of drug-likeness (QED) is 0.670. The molecule has 8 nitrogen and oxygen atoms in total. The van der Waals surface area contributed by atoms with Crippen LogP contribution in [0.15, 0.2) is 47.5 Å². The Morgan fingerprint density at radius 1 is 1.46 bits per heavy atom. The zero-order chi connectivity index (χ0) is 18.2. The molecule has 2 aromatic heterocycles. The summed E-state index contributed by atoms with van der Waals surface area (Å²) in [5.74, 6) is 0.347. The minimum Gasteiger partial charge on any atom is -0.490 e. The van der Waals surface area contributed by atoms with Crippen LogP contribution >= 0.6 is 0 Å².